The fourth-order valence-corrected chi connectivity index (χ4v) is 2.58. The van der Waals surface area contributed by atoms with Gasteiger partial charge in [-0.3, -0.25) is 4.79 Å². The highest BCUT2D eigenvalue weighted by Crippen LogP contribution is 2.28. The van der Waals surface area contributed by atoms with Gasteiger partial charge in [-0.05, 0) is 53.4 Å². The summed E-state index contributed by atoms with van der Waals surface area (Å²) < 4.78 is 7.42. The smallest absolute Gasteiger partial charge is 0.260 e. The van der Waals surface area contributed by atoms with Gasteiger partial charge in [0.05, 0.1) is 4.47 Å². The predicted molar refractivity (Wildman–Crippen MR) is 84.4 cm³/mol. The van der Waals surface area contributed by atoms with Crippen LogP contribution >= 0.6 is 31.9 Å². The largest absolute Gasteiger partial charge is 0.480 e. The SMILES string of the molecule is CC(C)CCNC(=O)C(C)Oc1ccc(Br)cc1Br. The minimum atomic E-state index is -0.510. The van der Waals surface area contributed by atoms with Gasteiger partial charge in [0, 0.05) is 11.0 Å². The van der Waals surface area contributed by atoms with Gasteiger partial charge in [0.1, 0.15) is 5.75 Å². The Balaban J connectivity index is 2.49. The van der Waals surface area contributed by atoms with Gasteiger partial charge in [0.2, 0.25) is 0 Å². The van der Waals surface area contributed by atoms with Crippen LogP contribution in [0.3, 0.4) is 0 Å². The average Bonchev–Trinajstić information content (AvgIpc) is 2.32. The van der Waals surface area contributed by atoms with Crippen molar-refractivity contribution in [2.24, 2.45) is 5.92 Å². The molecule has 0 aliphatic carbocycles. The highest BCUT2D eigenvalue weighted by atomic mass is 79.9. The topological polar surface area (TPSA) is 38.3 Å². The molecule has 1 aromatic rings. The highest BCUT2D eigenvalue weighted by Gasteiger charge is 2.15. The van der Waals surface area contributed by atoms with E-state index in [0.717, 1.165) is 15.4 Å². The molecule has 0 radical (unpaired) electrons. The average molecular weight is 393 g/mol. The summed E-state index contributed by atoms with van der Waals surface area (Å²) in [6.07, 6.45) is 0.463. The molecule has 0 aromatic heterocycles. The number of carbonyl (C=O) groups excluding carboxylic acids is 1. The van der Waals surface area contributed by atoms with Crippen LogP contribution < -0.4 is 10.1 Å². The van der Waals surface area contributed by atoms with Gasteiger partial charge < -0.3 is 10.1 Å². The third-order valence-electron chi connectivity index (χ3n) is 2.59. The van der Waals surface area contributed by atoms with Gasteiger partial charge >= 0.3 is 0 Å². The number of halogens is 2. The minimum Gasteiger partial charge on any atom is -0.480 e. The summed E-state index contributed by atoms with van der Waals surface area (Å²) in [4.78, 5) is 11.8. The molecular formula is C14H19Br2NO2. The summed E-state index contributed by atoms with van der Waals surface area (Å²) in [5.41, 5.74) is 0. The number of hydrogen-bond acceptors (Lipinski definition) is 2. The summed E-state index contributed by atoms with van der Waals surface area (Å²) in [7, 11) is 0. The van der Waals surface area contributed by atoms with Crippen LogP contribution in [0, 0.1) is 5.92 Å². The Kier molecular flexibility index (Phi) is 6.86. The molecule has 1 atom stereocenters. The van der Waals surface area contributed by atoms with Gasteiger partial charge in [-0.1, -0.05) is 29.8 Å². The number of nitrogens with one attached hydrogen (secondary N) is 1. The van der Waals surface area contributed by atoms with Crippen molar-refractivity contribution in [1.82, 2.24) is 5.32 Å². The molecule has 0 bridgehead atoms. The summed E-state index contributed by atoms with van der Waals surface area (Å²) in [6.45, 7) is 6.70. The van der Waals surface area contributed by atoms with Crippen LogP contribution in [0.1, 0.15) is 27.2 Å². The molecule has 106 valence electrons. The molecule has 1 unspecified atom stereocenters. The van der Waals surface area contributed by atoms with Crippen molar-refractivity contribution < 1.29 is 9.53 Å². The Hall–Kier alpha value is -0.550. The predicted octanol–water partition coefficient (Wildman–Crippen LogP) is 4.14. The Labute approximate surface area is 131 Å². The van der Waals surface area contributed by atoms with Crippen molar-refractivity contribution in [2.45, 2.75) is 33.3 Å². The number of amides is 1. The lowest BCUT2D eigenvalue weighted by Crippen LogP contribution is -2.37. The lowest BCUT2D eigenvalue weighted by Gasteiger charge is -2.16. The molecular weight excluding hydrogens is 374 g/mol. The van der Waals surface area contributed by atoms with Crippen molar-refractivity contribution >= 4 is 37.8 Å². The zero-order valence-electron chi connectivity index (χ0n) is 11.4. The zero-order valence-corrected chi connectivity index (χ0v) is 14.5. The van der Waals surface area contributed by atoms with Crippen molar-refractivity contribution in [1.29, 1.82) is 0 Å². The first kappa shape index (κ1) is 16.5. The van der Waals surface area contributed by atoms with Gasteiger partial charge in [-0.2, -0.15) is 0 Å². The molecule has 1 N–H and O–H groups in total. The second-order valence-corrected chi connectivity index (χ2v) is 6.58. The normalized spacial score (nSPS) is 12.3. The standard InChI is InChI=1S/C14H19Br2NO2/c1-9(2)6-7-17-14(18)10(3)19-13-5-4-11(15)8-12(13)16/h4-5,8-10H,6-7H2,1-3H3,(H,17,18). The van der Waals surface area contributed by atoms with E-state index in [0.29, 0.717) is 18.2 Å². The molecule has 0 aliphatic rings. The lowest BCUT2D eigenvalue weighted by molar-refractivity contribution is -0.127. The van der Waals surface area contributed by atoms with Crippen LogP contribution in [-0.4, -0.2) is 18.6 Å². The monoisotopic (exact) mass is 391 g/mol. The molecule has 0 spiro atoms. The molecule has 1 amide bonds. The first-order valence-electron chi connectivity index (χ1n) is 6.29. The van der Waals surface area contributed by atoms with Gasteiger partial charge in [0.15, 0.2) is 6.10 Å². The molecule has 0 heterocycles. The number of ether oxygens (including phenoxy) is 1. The van der Waals surface area contributed by atoms with E-state index in [2.05, 4.69) is 51.0 Å². The molecule has 5 heteroatoms. The molecule has 1 aromatic carbocycles. The van der Waals surface area contributed by atoms with Crippen molar-refractivity contribution in [3.8, 4) is 5.75 Å². The third-order valence-corrected chi connectivity index (χ3v) is 3.70. The molecule has 0 fully saturated rings. The summed E-state index contributed by atoms with van der Waals surface area (Å²) in [5, 5.41) is 2.88. The quantitative estimate of drug-likeness (QED) is 0.789. The Morgan fingerprint density at radius 3 is 2.58 bits per heavy atom. The molecule has 0 saturated heterocycles. The minimum absolute atomic E-state index is 0.0875. The van der Waals surface area contributed by atoms with Crippen LogP contribution in [0.5, 0.6) is 5.75 Å². The van der Waals surface area contributed by atoms with E-state index in [1.807, 2.05) is 18.2 Å². The summed E-state index contributed by atoms with van der Waals surface area (Å²) in [5.74, 6) is 1.15. The Morgan fingerprint density at radius 1 is 1.32 bits per heavy atom. The fourth-order valence-electron chi connectivity index (χ4n) is 1.44. The van der Waals surface area contributed by atoms with Gasteiger partial charge in [0.25, 0.3) is 5.91 Å². The zero-order chi connectivity index (χ0) is 14.4. The van der Waals surface area contributed by atoms with Gasteiger partial charge in [-0.15, -0.1) is 0 Å². The molecule has 19 heavy (non-hydrogen) atoms. The number of carbonyl (C=O) groups is 1. The maximum atomic E-state index is 11.8. The first-order chi connectivity index (χ1) is 8.90. The van der Waals surface area contributed by atoms with Crippen LogP contribution in [0.2, 0.25) is 0 Å². The molecule has 1 rings (SSSR count). The number of hydrogen-bond donors (Lipinski definition) is 1. The lowest BCUT2D eigenvalue weighted by atomic mass is 10.1. The van der Waals surface area contributed by atoms with E-state index < -0.39 is 6.10 Å². The van der Waals surface area contributed by atoms with Crippen molar-refractivity contribution in [3.05, 3.63) is 27.1 Å². The van der Waals surface area contributed by atoms with Crippen LogP contribution in [0.15, 0.2) is 27.1 Å². The van der Waals surface area contributed by atoms with E-state index in [9.17, 15) is 4.79 Å². The van der Waals surface area contributed by atoms with E-state index in [1.165, 1.54) is 0 Å². The maximum Gasteiger partial charge on any atom is 0.260 e. The summed E-state index contributed by atoms with van der Waals surface area (Å²) >= 11 is 6.78. The number of benzene rings is 1. The van der Waals surface area contributed by atoms with Crippen molar-refractivity contribution in [2.75, 3.05) is 6.54 Å². The van der Waals surface area contributed by atoms with E-state index in [1.54, 1.807) is 6.92 Å². The van der Waals surface area contributed by atoms with Crippen LogP contribution in [0.4, 0.5) is 0 Å². The third kappa shape index (κ3) is 5.95. The highest BCUT2D eigenvalue weighted by molar-refractivity contribution is 9.11. The number of rotatable bonds is 6. The summed E-state index contributed by atoms with van der Waals surface area (Å²) in [6, 6.07) is 5.59. The molecule has 0 aliphatic heterocycles. The first-order valence-corrected chi connectivity index (χ1v) is 7.88. The van der Waals surface area contributed by atoms with E-state index in [-0.39, 0.29) is 5.91 Å². The maximum absolute atomic E-state index is 11.8. The van der Waals surface area contributed by atoms with E-state index >= 15 is 0 Å². The Bertz CT molecular complexity index is 435. The second kappa shape index (κ2) is 7.90. The molecule has 0 saturated carbocycles. The molecule has 3 nitrogen and oxygen atoms in total. The van der Waals surface area contributed by atoms with Crippen molar-refractivity contribution in [3.63, 3.8) is 0 Å². The fraction of sp³-hybridized carbons (Fsp3) is 0.500. The van der Waals surface area contributed by atoms with Crippen LogP contribution in [-0.2, 0) is 4.79 Å². The second-order valence-electron chi connectivity index (χ2n) is 4.81. The van der Waals surface area contributed by atoms with Gasteiger partial charge in [-0.25, -0.2) is 0 Å². The Morgan fingerprint density at radius 2 is 2.00 bits per heavy atom. The van der Waals surface area contributed by atoms with Crippen LogP contribution in [0.25, 0.3) is 0 Å². The van der Waals surface area contributed by atoms with E-state index in [4.69, 9.17) is 4.74 Å².